The number of ether oxygens (including phenoxy) is 2. The normalized spacial score (nSPS) is 22.7. The molecule has 2 N–H and O–H groups in total. The molecular weight excluding hydrogens is 398 g/mol. The van der Waals surface area contributed by atoms with E-state index in [0.717, 1.165) is 72.6 Å². The molecule has 158 valence electrons. The van der Waals surface area contributed by atoms with Crippen molar-refractivity contribution in [3.63, 3.8) is 0 Å². The Morgan fingerprint density at radius 2 is 1.60 bits per heavy atom. The Morgan fingerprint density at radius 3 is 2.30 bits per heavy atom. The van der Waals surface area contributed by atoms with E-state index < -0.39 is 5.79 Å². The lowest BCUT2D eigenvalue weighted by Gasteiger charge is -2.46. The molecule has 1 aliphatic carbocycles. The van der Waals surface area contributed by atoms with E-state index in [1.807, 2.05) is 24.3 Å². The van der Waals surface area contributed by atoms with Crippen LogP contribution in [0.15, 0.2) is 48.2 Å². The van der Waals surface area contributed by atoms with Gasteiger partial charge in [0.1, 0.15) is 5.76 Å². The lowest BCUT2D eigenvalue weighted by molar-refractivity contribution is -0.284. The quantitative estimate of drug-likeness (QED) is 0.654. The molecule has 1 saturated carbocycles. The summed E-state index contributed by atoms with van der Waals surface area (Å²) < 4.78 is 12.0. The van der Waals surface area contributed by atoms with Gasteiger partial charge in [-0.05, 0) is 66.6 Å². The third-order valence-corrected chi connectivity index (χ3v) is 7.22. The van der Waals surface area contributed by atoms with Crippen molar-refractivity contribution in [2.75, 3.05) is 19.8 Å². The maximum Gasteiger partial charge on any atom is 0.168 e. The first kappa shape index (κ1) is 20.1. The van der Waals surface area contributed by atoms with Crippen molar-refractivity contribution in [3.8, 4) is 11.1 Å². The Hall–Kier alpha value is -1.85. The fourth-order valence-electron chi connectivity index (χ4n) is 5.08. The summed E-state index contributed by atoms with van der Waals surface area (Å²) in [6.07, 6.45) is 4.21. The molecule has 0 amide bonds. The van der Waals surface area contributed by atoms with Crippen LogP contribution in [0.25, 0.3) is 16.7 Å². The van der Waals surface area contributed by atoms with Crippen molar-refractivity contribution in [1.29, 1.82) is 0 Å². The van der Waals surface area contributed by atoms with E-state index in [0.29, 0.717) is 12.3 Å². The Kier molecular flexibility index (Phi) is 5.14. The van der Waals surface area contributed by atoms with Crippen molar-refractivity contribution < 1.29 is 14.6 Å². The number of benzene rings is 2. The van der Waals surface area contributed by atoms with Gasteiger partial charge in [0.15, 0.2) is 5.79 Å². The van der Waals surface area contributed by atoms with Crippen LogP contribution in [-0.4, -0.2) is 36.2 Å². The van der Waals surface area contributed by atoms with Gasteiger partial charge >= 0.3 is 0 Å². The minimum atomic E-state index is -0.446. The lowest BCUT2D eigenvalue weighted by atomic mass is 9.77. The summed E-state index contributed by atoms with van der Waals surface area (Å²) in [5.74, 6) is 0.0445. The highest BCUT2D eigenvalue weighted by atomic mass is 35.5. The van der Waals surface area contributed by atoms with Crippen LogP contribution in [-0.2, 0) is 9.47 Å². The molecule has 0 radical (unpaired) electrons. The molecule has 2 aromatic rings. The zero-order chi connectivity index (χ0) is 20.8. The Bertz CT molecular complexity index is 966. The fraction of sp³-hybridized carbons (Fsp3) is 0.440. The first-order valence-corrected chi connectivity index (χ1v) is 11.2. The summed E-state index contributed by atoms with van der Waals surface area (Å²) in [4.78, 5) is 0. The minimum Gasteiger partial charge on any atom is -0.510 e. The third kappa shape index (κ3) is 3.46. The number of rotatable bonds is 2. The van der Waals surface area contributed by atoms with E-state index in [2.05, 4.69) is 30.4 Å². The number of aliphatic hydroxyl groups excluding tert-OH is 1. The van der Waals surface area contributed by atoms with E-state index >= 15 is 0 Å². The van der Waals surface area contributed by atoms with Gasteiger partial charge in [-0.15, -0.1) is 0 Å². The molecule has 2 spiro atoms. The number of aliphatic hydroxyl groups is 1. The van der Waals surface area contributed by atoms with Crippen LogP contribution in [0.1, 0.15) is 43.2 Å². The van der Waals surface area contributed by atoms with E-state index in [4.69, 9.17) is 21.1 Å². The molecule has 1 saturated heterocycles. The van der Waals surface area contributed by atoms with Gasteiger partial charge in [0.05, 0.1) is 18.8 Å². The monoisotopic (exact) mass is 425 g/mol. The highest BCUT2D eigenvalue weighted by Gasteiger charge is 2.50. The Labute approximate surface area is 182 Å². The molecule has 2 fully saturated rings. The summed E-state index contributed by atoms with van der Waals surface area (Å²) in [7, 11) is 0. The zero-order valence-corrected chi connectivity index (χ0v) is 18.1. The molecule has 30 heavy (non-hydrogen) atoms. The van der Waals surface area contributed by atoms with Gasteiger partial charge in [0.2, 0.25) is 0 Å². The molecule has 0 aromatic heterocycles. The van der Waals surface area contributed by atoms with E-state index in [-0.39, 0.29) is 5.54 Å². The summed E-state index contributed by atoms with van der Waals surface area (Å²) in [6, 6.07) is 14.3. The Balaban J connectivity index is 1.44. The average Bonchev–Trinajstić information content (AvgIpc) is 3.08. The van der Waals surface area contributed by atoms with Crippen molar-refractivity contribution >= 4 is 17.2 Å². The molecular formula is C25H28ClNO3. The molecule has 3 aliphatic rings. The molecule has 0 unspecified atom stereocenters. The number of nitrogens with one attached hydrogen (secondary N) is 1. The van der Waals surface area contributed by atoms with E-state index in [1.54, 1.807) is 0 Å². The molecule has 2 heterocycles. The molecule has 5 heteroatoms. The van der Waals surface area contributed by atoms with Gasteiger partial charge in [-0.3, -0.25) is 0 Å². The lowest BCUT2D eigenvalue weighted by Crippen LogP contribution is -2.53. The molecule has 0 bridgehead atoms. The second-order valence-electron chi connectivity index (χ2n) is 8.76. The van der Waals surface area contributed by atoms with Crippen LogP contribution in [0.3, 0.4) is 0 Å². The summed E-state index contributed by atoms with van der Waals surface area (Å²) >= 11 is 6.05. The van der Waals surface area contributed by atoms with Gasteiger partial charge in [-0.25, -0.2) is 0 Å². The first-order chi connectivity index (χ1) is 14.5. The second kappa shape index (κ2) is 7.69. The van der Waals surface area contributed by atoms with Crippen molar-refractivity contribution in [3.05, 3.63) is 64.4 Å². The number of aryl methyl sites for hydroxylation is 1. The van der Waals surface area contributed by atoms with Gasteiger partial charge in [0, 0.05) is 30.0 Å². The van der Waals surface area contributed by atoms with Gasteiger partial charge in [-0.2, -0.15) is 0 Å². The largest absolute Gasteiger partial charge is 0.510 e. The molecule has 4 nitrogen and oxygen atoms in total. The van der Waals surface area contributed by atoms with Gasteiger partial charge in [-0.1, -0.05) is 35.9 Å². The smallest absolute Gasteiger partial charge is 0.168 e. The third-order valence-electron chi connectivity index (χ3n) is 6.97. The van der Waals surface area contributed by atoms with E-state index in [1.165, 1.54) is 5.56 Å². The average molecular weight is 426 g/mol. The maximum atomic E-state index is 11.3. The van der Waals surface area contributed by atoms with Crippen molar-refractivity contribution in [2.24, 2.45) is 0 Å². The van der Waals surface area contributed by atoms with E-state index in [9.17, 15) is 5.11 Å². The predicted molar refractivity (Wildman–Crippen MR) is 120 cm³/mol. The minimum absolute atomic E-state index is 0.368. The van der Waals surface area contributed by atoms with Crippen LogP contribution in [0, 0.1) is 6.92 Å². The van der Waals surface area contributed by atoms with Crippen LogP contribution in [0.5, 0.6) is 0 Å². The number of halogens is 1. The molecule has 2 aromatic carbocycles. The highest BCUT2D eigenvalue weighted by Crippen LogP contribution is 2.46. The summed E-state index contributed by atoms with van der Waals surface area (Å²) in [6.45, 7) is 4.31. The van der Waals surface area contributed by atoms with Crippen molar-refractivity contribution in [1.82, 2.24) is 5.32 Å². The zero-order valence-electron chi connectivity index (χ0n) is 17.3. The van der Waals surface area contributed by atoms with Crippen LogP contribution in [0.4, 0.5) is 0 Å². The fourth-order valence-corrected chi connectivity index (χ4v) is 5.21. The first-order valence-electron chi connectivity index (χ1n) is 10.8. The SMILES string of the molecule is Cc1ccc(-c2ccc(Cl)cc2)cc1C1=C(O)C2(CCC3(CC2)OCCCO3)NC1. The molecule has 5 rings (SSSR count). The van der Waals surface area contributed by atoms with Crippen LogP contribution in [0.2, 0.25) is 5.02 Å². The van der Waals surface area contributed by atoms with Gasteiger partial charge < -0.3 is 19.9 Å². The van der Waals surface area contributed by atoms with Crippen LogP contribution < -0.4 is 5.32 Å². The van der Waals surface area contributed by atoms with Gasteiger partial charge in [0.25, 0.3) is 0 Å². The maximum absolute atomic E-state index is 11.3. The van der Waals surface area contributed by atoms with Crippen molar-refractivity contribution in [2.45, 2.75) is 50.4 Å². The topological polar surface area (TPSA) is 50.7 Å². The summed E-state index contributed by atoms with van der Waals surface area (Å²) in [5, 5.41) is 15.7. The molecule has 0 atom stereocenters. The number of hydrogen-bond acceptors (Lipinski definition) is 4. The highest BCUT2D eigenvalue weighted by molar-refractivity contribution is 6.30. The second-order valence-corrected chi connectivity index (χ2v) is 9.20. The number of hydrogen-bond donors (Lipinski definition) is 2. The summed E-state index contributed by atoms with van der Waals surface area (Å²) in [5.41, 5.74) is 5.15. The van der Waals surface area contributed by atoms with Crippen LogP contribution >= 0.6 is 11.6 Å². The Morgan fingerprint density at radius 1 is 0.933 bits per heavy atom. The molecule has 2 aliphatic heterocycles. The standard InChI is InChI=1S/C25H28ClNO3/c1-17-3-4-19(18-5-7-20(26)8-6-18)15-21(17)22-16-27-24(23(22)28)9-11-25(12-10-24)29-13-2-14-30-25/h3-8,15,27-28H,2,9-14,16H2,1H3. The predicted octanol–water partition coefficient (Wildman–Crippen LogP) is 5.63.